The number of nitrogens with zero attached hydrogens (tertiary/aromatic N) is 2. The Morgan fingerprint density at radius 2 is 2.00 bits per heavy atom. The van der Waals surface area contributed by atoms with Gasteiger partial charge >= 0.3 is 0 Å². The van der Waals surface area contributed by atoms with Crippen LogP contribution in [0.1, 0.15) is 42.5 Å². The number of rotatable bonds is 5. The molecule has 0 saturated carbocycles. The van der Waals surface area contributed by atoms with Gasteiger partial charge in [0, 0.05) is 13.0 Å². The molecular formula is C16H22N2O. The van der Waals surface area contributed by atoms with Crippen LogP contribution in [-0.2, 0) is 19.4 Å². The minimum atomic E-state index is -0.492. The van der Waals surface area contributed by atoms with Gasteiger partial charge in [0.05, 0.1) is 17.5 Å². The Kier molecular flexibility index (Phi) is 4.38. The molecule has 2 rings (SSSR count). The molecule has 2 aromatic rings. The number of aryl methyl sites for hydroxylation is 3. The van der Waals surface area contributed by atoms with Gasteiger partial charge in [-0.15, -0.1) is 0 Å². The third-order valence-electron chi connectivity index (χ3n) is 3.54. The molecule has 1 heterocycles. The Balaban J connectivity index is 2.22. The van der Waals surface area contributed by atoms with E-state index in [9.17, 15) is 5.11 Å². The maximum absolute atomic E-state index is 10.5. The van der Waals surface area contributed by atoms with Gasteiger partial charge in [-0.05, 0) is 37.5 Å². The number of hydrogen-bond donors (Lipinski definition) is 1. The second kappa shape index (κ2) is 6.02. The van der Waals surface area contributed by atoms with E-state index in [2.05, 4.69) is 38.0 Å². The SMILES string of the molecule is CCc1cc(C(O)Cc2ccccc2C)n(CC)n1. The maximum atomic E-state index is 10.5. The quantitative estimate of drug-likeness (QED) is 0.895. The topological polar surface area (TPSA) is 38.0 Å². The van der Waals surface area contributed by atoms with Gasteiger partial charge < -0.3 is 5.11 Å². The minimum absolute atomic E-state index is 0.492. The summed E-state index contributed by atoms with van der Waals surface area (Å²) in [7, 11) is 0. The van der Waals surface area contributed by atoms with Crippen molar-refractivity contribution in [3.63, 3.8) is 0 Å². The molecule has 0 radical (unpaired) electrons. The summed E-state index contributed by atoms with van der Waals surface area (Å²) in [5.74, 6) is 0. The van der Waals surface area contributed by atoms with Crippen LogP contribution in [0.4, 0.5) is 0 Å². The molecule has 102 valence electrons. The molecule has 0 fully saturated rings. The fourth-order valence-corrected chi connectivity index (χ4v) is 2.33. The molecule has 0 bridgehead atoms. The zero-order valence-corrected chi connectivity index (χ0v) is 11.9. The van der Waals surface area contributed by atoms with Crippen molar-refractivity contribution in [1.29, 1.82) is 0 Å². The highest BCUT2D eigenvalue weighted by Gasteiger charge is 2.16. The van der Waals surface area contributed by atoms with Gasteiger partial charge in [-0.25, -0.2) is 0 Å². The second-order valence-electron chi connectivity index (χ2n) is 4.88. The Bertz CT molecular complexity index is 545. The first-order chi connectivity index (χ1) is 9.15. The van der Waals surface area contributed by atoms with Crippen LogP contribution in [0.15, 0.2) is 30.3 Å². The van der Waals surface area contributed by atoms with Crippen molar-refractivity contribution in [3.8, 4) is 0 Å². The second-order valence-corrected chi connectivity index (χ2v) is 4.88. The largest absolute Gasteiger partial charge is 0.386 e. The van der Waals surface area contributed by atoms with Crippen LogP contribution < -0.4 is 0 Å². The summed E-state index contributed by atoms with van der Waals surface area (Å²) in [6, 6.07) is 10.2. The lowest BCUT2D eigenvalue weighted by Crippen LogP contribution is -2.10. The normalized spacial score (nSPS) is 12.6. The van der Waals surface area contributed by atoms with Crippen LogP contribution in [0.2, 0.25) is 0 Å². The lowest BCUT2D eigenvalue weighted by Gasteiger charge is -2.13. The average Bonchev–Trinajstić information content (AvgIpc) is 2.84. The predicted octanol–water partition coefficient (Wildman–Crippen LogP) is 3.05. The smallest absolute Gasteiger partial charge is 0.0997 e. The Labute approximate surface area is 114 Å². The molecule has 1 aromatic carbocycles. The minimum Gasteiger partial charge on any atom is -0.386 e. The van der Waals surface area contributed by atoms with Crippen LogP contribution in [0.5, 0.6) is 0 Å². The summed E-state index contributed by atoms with van der Waals surface area (Å²) in [5, 5.41) is 14.9. The molecule has 1 aromatic heterocycles. The molecule has 19 heavy (non-hydrogen) atoms. The molecular weight excluding hydrogens is 236 g/mol. The van der Waals surface area contributed by atoms with Crippen LogP contribution in [0, 0.1) is 6.92 Å². The van der Waals surface area contributed by atoms with E-state index in [-0.39, 0.29) is 0 Å². The molecule has 1 N–H and O–H groups in total. The first kappa shape index (κ1) is 13.8. The van der Waals surface area contributed by atoms with Crippen LogP contribution in [-0.4, -0.2) is 14.9 Å². The van der Waals surface area contributed by atoms with E-state index < -0.39 is 6.10 Å². The Hall–Kier alpha value is -1.61. The lowest BCUT2D eigenvalue weighted by molar-refractivity contribution is 0.167. The zero-order valence-electron chi connectivity index (χ0n) is 11.9. The highest BCUT2D eigenvalue weighted by atomic mass is 16.3. The van der Waals surface area contributed by atoms with Gasteiger partial charge in [-0.2, -0.15) is 5.10 Å². The van der Waals surface area contributed by atoms with E-state index in [4.69, 9.17) is 0 Å². The van der Waals surface area contributed by atoms with Crippen LogP contribution in [0.25, 0.3) is 0 Å². The highest BCUT2D eigenvalue weighted by molar-refractivity contribution is 5.27. The molecule has 0 aliphatic rings. The fourth-order valence-electron chi connectivity index (χ4n) is 2.33. The highest BCUT2D eigenvalue weighted by Crippen LogP contribution is 2.21. The summed E-state index contributed by atoms with van der Waals surface area (Å²) in [6.07, 6.45) is 1.05. The molecule has 0 saturated heterocycles. The van der Waals surface area contributed by atoms with E-state index in [1.807, 2.05) is 22.9 Å². The fraction of sp³-hybridized carbons (Fsp3) is 0.438. The average molecular weight is 258 g/mol. The van der Waals surface area contributed by atoms with Gasteiger partial charge in [0.25, 0.3) is 0 Å². The van der Waals surface area contributed by atoms with Gasteiger partial charge in [0.2, 0.25) is 0 Å². The van der Waals surface area contributed by atoms with Crippen molar-refractivity contribution in [3.05, 3.63) is 52.8 Å². The lowest BCUT2D eigenvalue weighted by atomic mass is 10.0. The van der Waals surface area contributed by atoms with E-state index in [0.29, 0.717) is 6.42 Å². The van der Waals surface area contributed by atoms with Crippen LogP contribution in [0.3, 0.4) is 0 Å². The van der Waals surface area contributed by atoms with Crippen LogP contribution >= 0.6 is 0 Å². The van der Waals surface area contributed by atoms with Crippen molar-refractivity contribution in [2.75, 3.05) is 0 Å². The molecule has 3 nitrogen and oxygen atoms in total. The predicted molar refractivity (Wildman–Crippen MR) is 77.1 cm³/mol. The van der Waals surface area contributed by atoms with E-state index in [1.54, 1.807) is 0 Å². The van der Waals surface area contributed by atoms with Crippen molar-refractivity contribution >= 4 is 0 Å². The Morgan fingerprint density at radius 3 is 2.63 bits per heavy atom. The summed E-state index contributed by atoms with van der Waals surface area (Å²) in [5.41, 5.74) is 4.38. The molecule has 1 unspecified atom stereocenters. The number of aromatic nitrogens is 2. The van der Waals surface area contributed by atoms with E-state index >= 15 is 0 Å². The van der Waals surface area contributed by atoms with E-state index in [0.717, 1.165) is 24.4 Å². The van der Waals surface area contributed by atoms with Crippen molar-refractivity contribution in [2.24, 2.45) is 0 Å². The number of benzene rings is 1. The zero-order chi connectivity index (χ0) is 13.8. The number of hydrogen-bond acceptors (Lipinski definition) is 2. The monoisotopic (exact) mass is 258 g/mol. The molecule has 0 aliphatic carbocycles. The molecule has 1 atom stereocenters. The first-order valence-electron chi connectivity index (χ1n) is 6.94. The standard InChI is InChI=1S/C16H22N2O/c1-4-14-11-15(18(5-2)17-14)16(19)10-13-9-7-6-8-12(13)3/h6-9,11,16,19H,4-5,10H2,1-3H3. The van der Waals surface area contributed by atoms with Crippen molar-refractivity contribution in [1.82, 2.24) is 9.78 Å². The van der Waals surface area contributed by atoms with Gasteiger partial charge in [0.15, 0.2) is 0 Å². The Morgan fingerprint density at radius 1 is 1.26 bits per heavy atom. The summed E-state index contributed by atoms with van der Waals surface area (Å²) < 4.78 is 1.90. The van der Waals surface area contributed by atoms with E-state index in [1.165, 1.54) is 11.1 Å². The number of aliphatic hydroxyl groups is 1. The molecule has 0 amide bonds. The third kappa shape index (κ3) is 3.04. The first-order valence-corrected chi connectivity index (χ1v) is 6.94. The molecule has 3 heteroatoms. The molecule has 0 aliphatic heterocycles. The summed E-state index contributed by atoms with van der Waals surface area (Å²) in [4.78, 5) is 0. The molecule has 0 spiro atoms. The van der Waals surface area contributed by atoms with Crippen molar-refractivity contribution in [2.45, 2.75) is 46.3 Å². The number of aliphatic hydroxyl groups excluding tert-OH is 1. The summed E-state index contributed by atoms with van der Waals surface area (Å²) >= 11 is 0. The van der Waals surface area contributed by atoms with Crippen molar-refractivity contribution < 1.29 is 5.11 Å². The third-order valence-corrected chi connectivity index (χ3v) is 3.54. The van der Waals surface area contributed by atoms with Gasteiger partial charge in [0.1, 0.15) is 0 Å². The van der Waals surface area contributed by atoms with Gasteiger partial charge in [-0.3, -0.25) is 4.68 Å². The maximum Gasteiger partial charge on any atom is 0.0997 e. The summed E-state index contributed by atoms with van der Waals surface area (Å²) in [6.45, 7) is 7.01. The van der Waals surface area contributed by atoms with Gasteiger partial charge in [-0.1, -0.05) is 31.2 Å².